The van der Waals surface area contributed by atoms with Crippen molar-refractivity contribution in [2.75, 3.05) is 19.0 Å². The largest absolute Gasteiger partial charge is 0.507 e. The highest BCUT2D eigenvalue weighted by Crippen LogP contribution is 2.26. The van der Waals surface area contributed by atoms with E-state index in [9.17, 15) is 14.3 Å². The van der Waals surface area contributed by atoms with Crippen LogP contribution in [-0.4, -0.2) is 39.3 Å². The monoisotopic (exact) mass is 424 g/mol. The van der Waals surface area contributed by atoms with Gasteiger partial charge in [0.25, 0.3) is 5.12 Å². The summed E-state index contributed by atoms with van der Waals surface area (Å²) in [5.41, 5.74) is 2.39. The Morgan fingerprint density at radius 3 is 2.37 bits per heavy atom. The quantitative estimate of drug-likeness (QED) is 0.604. The first-order valence-electron chi connectivity index (χ1n) is 9.13. The van der Waals surface area contributed by atoms with Crippen molar-refractivity contribution < 1.29 is 14.3 Å². The molecule has 3 rings (SSSR count). The van der Waals surface area contributed by atoms with Crippen molar-refractivity contribution in [1.29, 1.82) is 0 Å². The van der Waals surface area contributed by atoms with Gasteiger partial charge in [0.15, 0.2) is 5.82 Å². The average Bonchev–Trinajstić information content (AvgIpc) is 2.71. The zero-order chi connectivity index (χ0) is 21.8. The van der Waals surface area contributed by atoms with Crippen LogP contribution in [0.25, 0.3) is 12.2 Å². The van der Waals surface area contributed by atoms with Crippen molar-refractivity contribution >= 4 is 35.0 Å². The molecule has 2 aromatic carbocycles. The molecule has 1 heterocycles. The van der Waals surface area contributed by atoms with Gasteiger partial charge in [0.2, 0.25) is 11.8 Å². The summed E-state index contributed by atoms with van der Waals surface area (Å²) in [6, 6.07) is 9.73. The number of phenolic OH excluding ortho intramolecular Hbond substituents is 1. The molecule has 0 spiro atoms. The molecule has 8 heteroatoms. The van der Waals surface area contributed by atoms with E-state index in [0.29, 0.717) is 11.8 Å². The fourth-order valence-electron chi connectivity index (χ4n) is 2.68. The van der Waals surface area contributed by atoms with Crippen LogP contribution in [0.5, 0.6) is 5.75 Å². The Labute approximate surface area is 178 Å². The van der Waals surface area contributed by atoms with Crippen LogP contribution < -0.4 is 4.90 Å². The topological polar surface area (TPSA) is 79.2 Å². The zero-order valence-corrected chi connectivity index (χ0v) is 17.9. The maximum absolute atomic E-state index is 13.9. The smallest absolute Gasteiger partial charge is 0.261 e. The van der Waals surface area contributed by atoms with Crippen molar-refractivity contribution in [3.8, 4) is 5.75 Å². The summed E-state index contributed by atoms with van der Waals surface area (Å²) >= 11 is 0.735. The first-order chi connectivity index (χ1) is 14.2. The van der Waals surface area contributed by atoms with Crippen LogP contribution in [0.15, 0.2) is 41.3 Å². The number of aromatic hydroxyl groups is 1. The minimum Gasteiger partial charge on any atom is -0.507 e. The summed E-state index contributed by atoms with van der Waals surface area (Å²) in [6.07, 6.45) is 3.47. The standard InChI is InChI=1S/C22H21FN4O2S/c1-13-11-15(12-14(2)19(13)28)9-10-18-24-20(26-22(25-18)27(3)4)21(29)30-17-8-6-5-7-16(17)23/h5-12,28H,1-4H3. The molecule has 0 saturated heterocycles. The predicted molar refractivity (Wildman–Crippen MR) is 117 cm³/mol. The minimum atomic E-state index is -0.476. The second-order valence-electron chi connectivity index (χ2n) is 6.87. The SMILES string of the molecule is Cc1cc(C=Cc2nc(C(=O)Sc3ccccc3F)nc(N(C)C)n2)cc(C)c1O. The lowest BCUT2D eigenvalue weighted by molar-refractivity contribution is 0.107. The van der Waals surface area contributed by atoms with Gasteiger partial charge in [0.1, 0.15) is 11.6 Å². The van der Waals surface area contributed by atoms with E-state index in [4.69, 9.17) is 0 Å². The molecule has 0 bridgehead atoms. The fraction of sp³-hybridized carbons (Fsp3) is 0.182. The number of aromatic nitrogens is 3. The Kier molecular flexibility index (Phi) is 6.47. The van der Waals surface area contributed by atoms with E-state index in [1.807, 2.05) is 26.0 Å². The molecule has 6 nitrogen and oxygen atoms in total. The molecule has 3 aromatic rings. The van der Waals surface area contributed by atoms with Crippen LogP contribution in [0.4, 0.5) is 10.3 Å². The number of halogens is 1. The summed E-state index contributed by atoms with van der Waals surface area (Å²) in [5.74, 6) is 0.352. The molecule has 0 saturated carbocycles. The summed E-state index contributed by atoms with van der Waals surface area (Å²) < 4.78 is 13.9. The first kappa shape index (κ1) is 21.4. The molecular formula is C22H21FN4O2S. The molecule has 0 aliphatic rings. The molecule has 154 valence electrons. The fourth-order valence-corrected chi connectivity index (χ4v) is 3.37. The maximum atomic E-state index is 13.9. The Balaban J connectivity index is 1.93. The second-order valence-corrected chi connectivity index (χ2v) is 7.88. The van der Waals surface area contributed by atoms with E-state index in [2.05, 4.69) is 15.0 Å². The predicted octanol–water partition coefficient (Wildman–Crippen LogP) is 4.50. The van der Waals surface area contributed by atoms with Gasteiger partial charge in [0, 0.05) is 14.1 Å². The summed E-state index contributed by atoms with van der Waals surface area (Å²) in [5, 5.41) is 9.45. The third-order valence-corrected chi connectivity index (χ3v) is 5.12. The number of benzene rings is 2. The van der Waals surface area contributed by atoms with Gasteiger partial charge in [-0.15, -0.1) is 0 Å². The summed E-state index contributed by atoms with van der Waals surface area (Å²) in [7, 11) is 3.52. The maximum Gasteiger partial charge on any atom is 0.261 e. The number of hydrogen-bond donors (Lipinski definition) is 1. The molecular weight excluding hydrogens is 403 g/mol. The van der Waals surface area contributed by atoms with Gasteiger partial charge in [0.05, 0.1) is 4.90 Å². The molecule has 0 atom stereocenters. The third-order valence-electron chi connectivity index (χ3n) is 4.20. The van der Waals surface area contributed by atoms with Gasteiger partial charge in [-0.25, -0.2) is 9.37 Å². The highest BCUT2D eigenvalue weighted by atomic mass is 32.2. The van der Waals surface area contributed by atoms with Crippen molar-refractivity contribution in [2.45, 2.75) is 18.7 Å². The zero-order valence-electron chi connectivity index (χ0n) is 17.0. The van der Waals surface area contributed by atoms with E-state index in [0.717, 1.165) is 28.5 Å². The lowest BCUT2D eigenvalue weighted by Crippen LogP contribution is -2.17. The minimum absolute atomic E-state index is 0.0559. The Bertz CT molecular complexity index is 1110. The molecule has 0 unspecified atom stereocenters. The number of thioether (sulfide) groups is 1. The number of carbonyl (C=O) groups excluding carboxylic acids is 1. The van der Waals surface area contributed by atoms with Gasteiger partial charge < -0.3 is 10.0 Å². The number of rotatable bonds is 5. The number of phenols is 1. The highest BCUT2D eigenvalue weighted by molar-refractivity contribution is 8.14. The molecule has 1 aromatic heterocycles. The molecule has 0 amide bonds. The molecule has 0 aliphatic carbocycles. The van der Waals surface area contributed by atoms with Gasteiger partial charge in [-0.1, -0.05) is 18.2 Å². The Morgan fingerprint density at radius 1 is 1.07 bits per heavy atom. The first-order valence-corrected chi connectivity index (χ1v) is 9.94. The molecule has 0 radical (unpaired) electrons. The van der Waals surface area contributed by atoms with Gasteiger partial charge in [-0.3, -0.25) is 4.79 Å². The lowest BCUT2D eigenvalue weighted by Gasteiger charge is -2.11. The van der Waals surface area contributed by atoms with Crippen LogP contribution in [0.1, 0.15) is 33.1 Å². The highest BCUT2D eigenvalue weighted by Gasteiger charge is 2.17. The van der Waals surface area contributed by atoms with Crippen molar-refractivity contribution in [3.05, 3.63) is 70.6 Å². The number of hydrogen-bond acceptors (Lipinski definition) is 7. The molecule has 30 heavy (non-hydrogen) atoms. The van der Waals surface area contributed by atoms with Gasteiger partial charge >= 0.3 is 0 Å². The van der Waals surface area contributed by atoms with Crippen LogP contribution in [0.3, 0.4) is 0 Å². The normalized spacial score (nSPS) is 11.1. The average molecular weight is 425 g/mol. The summed E-state index contributed by atoms with van der Waals surface area (Å²) in [4.78, 5) is 27.3. The Hall–Kier alpha value is -3.26. The molecule has 0 aliphatic heterocycles. The van der Waals surface area contributed by atoms with E-state index >= 15 is 0 Å². The van der Waals surface area contributed by atoms with Crippen LogP contribution in [0.2, 0.25) is 0 Å². The number of nitrogens with zero attached hydrogens (tertiary/aromatic N) is 4. The van der Waals surface area contributed by atoms with E-state index in [-0.39, 0.29) is 16.5 Å². The third kappa shape index (κ3) is 5.01. The van der Waals surface area contributed by atoms with E-state index in [1.54, 1.807) is 43.3 Å². The van der Waals surface area contributed by atoms with Gasteiger partial charge in [-0.2, -0.15) is 9.97 Å². The van der Waals surface area contributed by atoms with E-state index in [1.165, 1.54) is 12.1 Å². The van der Waals surface area contributed by atoms with Crippen molar-refractivity contribution in [2.24, 2.45) is 0 Å². The molecule has 0 fully saturated rings. The van der Waals surface area contributed by atoms with Crippen molar-refractivity contribution in [3.63, 3.8) is 0 Å². The molecule has 1 N–H and O–H groups in total. The Morgan fingerprint density at radius 2 is 1.73 bits per heavy atom. The number of anilines is 1. The van der Waals surface area contributed by atoms with Crippen molar-refractivity contribution in [1.82, 2.24) is 15.0 Å². The van der Waals surface area contributed by atoms with Crippen LogP contribution in [-0.2, 0) is 0 Å². The van der Waals surface area contributed by atoms with Crippen LogP contribution in [0, 0.1) is 19.7 Å². The van der Waals surface area contributed by atoms with E-state index < -0.39 is 10.9 Å². The number of carbonyl (C=O) groups is 1. The number of aryl methyl sites for hydroxylation is 2. The lowest BCUT2D eigenvalue weighted by atomic mass is 10.1. The van der Waals surface area contributed by atoms with Gasteiger partial charge in [-0.05, 0) is 72.6 Å². The van der Waals surface area contributed by atoms with Crippen LogP contribution >= 0.6 is 11.8 Å². The summed E-state index contributed by atoms with van der Waals surface area (Å²) in [6.45, 7) is 3.65. The second kappa shape index (κ2) is 9.04.